The fourth-order valence-electron chi connectivity index (χ4n) is 2.21. The lowest BCUT2D eigenvalue weighted by molar-refractivity contribution is -0.133. The molecule has 1 amide bonds. The molecule has 0 bridgehead atoms. The van der Waals surface area contributed by atoms with Crippen molar-refractivity contribution >= 4 is 5.91 Å². The summed E-state index contributed by atoms with van der Waals surface area (Å²) in [5.74, 6) is 0.203. The number of hydrogen-bond acceptors (Lipinski definition) is 4. The molecular weight excluding hydrogens is 242 g/mol. The molecule has 0 atom stereocenters. The molecule has 0 aromatic heterocycles. The van der Waals surface area contributed by atoms with Crippen LogP contribution in [0.25, 0.3) is 0 Å². The largest absolute Gasteiger partial charge is 0.382 e. The maximum absolute atomic E-state index is 12.0. The number of nitrogens with zero attached hydrogens (tertiary/aromatic N) is 3. The lowest BCUT2D eigenvalue weighted by atomic mass is 10.0. The van der Waals surface area contributed by atoms with Gasteiger partial charge < -0.3 is 9.64 Å². The van der Waals surface area contributed by atoms with Crippen molar-refractivity contribution in [1.82, 2.24) is 9.80 Å². The minimum Gasteiger partial charge on any atom is -0.382 e. The molecule has 0 aliphatic carbocycles. The molecule has 0 radical (unpaired) electrons. The number of hydrogen-bond donors (Lipinski definition) is 0. The van der Waals surface area contributed by atoms with Crippen LogP contribution in [-0.4, -0.2) is 60.6 Å². The van der Waals surface area contributed by atoms with Crippen LogP contribution in [0.15, 0.2) is 0 Å². The van der Waals surface area contributed by atoms with E-state index in [1.165, 1.54) is 0 Å². The van der Waals surface area contributed by atoms with E-state index in [4.69, 9.17) is 10.00 Å². The van der Waals surface area contributed by atoms with Crippen molar-refractivity contribution in [3.8, 4) is 6.07 Å². The maximum atomic E-state index is 12.0. The summed E-state index contributed by atoms with van der Waals surface area (Å²) >= 11 is 0. The molecule has 19 heavy (non-hydrogen) atoms. The highest BCUT2D eigenvalue weighted by Gasteiger charge is 2.30. The van der Waals surface area contributed by atoms with Gasteiger partial charge in [0.05, 0.1) is 6.07 Å². The topological polar surface area (TPSA) is 56.6 Å². The number of nitriles is 1. The molecule has 0 unspecified atom stereocenters. The van der Waals surface area contributed by atoms with Gasteiger partial charge in [-0.3, -0.25) is 9.69 Å². The van der Waals surface area contributed by atoms with Gasteiger partial charge >= 0.3 is 0 Å². The molecule has 0 saturated carbocycles. The molecule has 1 aliphatic heterocycles. The van der Waals surface area contributed by atoms with E-state index in [9.17, 15) is 4.79 Å². The molecule has 1 heterocycles. The van der Waals surface area contributed by atoms with E-state index >= 15 is 0 Å². The predicted molar refractivity (Wildman–Crippen MR) is 73.6 cm³/mol. The lowest BCUT2D eigenvalue weighted by Gasteiger charge is -2.40. The Hall–Kier alpha value is -1.12. The Bertz CT molecular complexity index is 328. The number of carbonyl (C=O) groups is 1. The fourth-order valence-corrected chi connectivity index (χ4v) is 2.21. The minimum atomic E-state index is -0.440. The van der Waals surface area contributed by atoms with Crippen LogP contribution < -0.4 is 0 Å². The summed E-state index contributed by atoms with van der Waals surface area (Å²) in [6, 6.07) is 2.31. The van der Waals surface area contributed by atoms with Crippen molar-refractivity contribution in [2.45, 2.75) is 39.2 Å². The molecule has 5 heteroatoms. The number of carbonyl (C=O) groups excluding carboxylic acids is 1. The van der Waals surface area contributed by atoms with E-state index in [0.717, 1.165) is 32.6 Å². The molecule has 5 nitrogen and oxygen atoms in total. The van der Waals surface area contributed by atoms with Crippen LogP contribution in [0.1, 0.15) is 33.6 Å². The van der Waals surface area contributed by atoms with Crippen LogP contribution in [-0.2, 0) is 9.53 Å². The summed E-state index contributed by atoms with van der Waals surface area (Å²) in [5.41, 5.74) is -0.440. The quantitative estimate of drug-likeness (QED) is 0.680. The highest BCUT2D eigenvalue weighted by Crippen LogP contribution is 2.16. The summed E-state index contributed by atoms with van der Waals surface area (Å²) in [5, 5.41) is 9.10. The second-order valence-electron chi connectivity index (χ2n) is 5.34. The number of piperazine rings is 1. The zero-order chi connectivity index (χ0) is 14.3. The SMILES string of the molecule is CCOCCCC(=O)N1CCN(C(C)(C)C#N)CC1. The first kappa shape index (κ1) is 15.9. The Morgan fingerprint density at radius 3 is 2.47 bits per heavy atom. The highest BCUT2D eigenvalue weighted by atomic mass is 16.5. The monoisotopic (exact) mass is 267 g/mol. The van der Waals surface area contributed by atoms with Gasteiger partial charge in [0.1, 0.15) is 5.54 Å². The average Bonchev–Trinajstić information content (AvgIpc) is 2.43. The van der Waals surface area contributed by atoms with E-state index < -0.39 is 5.54 Å². The van der Waals surface area contributed by atoms with Crippen LogP contribution in [0.5, 0.6) is 0 Å². The lowest BCUT2D eigenvalue weighted by Crippen LogP contribution is -2.55. The predicted octanol–water partition coefficient (Wildman–Crippen LogP) is 1.25. The fraction of sp³-hybridized carbons (Fsp3) is 0.857. The second kappa shape index (κ2) is 7.46. The first-order valence-corrected chi connectivity index (χ1v) is 7.03. The first-order valence-electron chi connectivity index (χ1n) is 7.03. The van der Waals surface area contributed by atoms with Gasteiger partial charge in [-0.2, -0.15) is 5.26 Å². The molecule has 0 aromatic carbocycles. The zero-order valence-electron chi connectivity index (χ0n) is 12.3. The van der Waals surface area contributed by atoms with Crippen molar-refractivity contribution in [2.75, 3.05) is 39.4 Å². The van der Waals surface area contributed by atoms with Gasteiger partial charge in [-0.05, 0) is 27.2 Å². The van der Waals surface area contributed by atoms with E-state index in [1.54, 1.807) is 0 Å². The van der Waals surface area contributed by atoms with Gasteiger partial charge in [0.2, 0.25) is 5.91 Å². The number of ether oxygens (including phenoxy) is 1. The van der Waals surface area contributed by atoms with Crippen LogP contribution >= 0.6 is 0 Å². The zero-order valence-corrected chi connectivity index (χ0v) is 12.3. The third-order valence-corrected chi connectivity index (χ3v) is 3.58. The van der Waals surface area contributed by atoms with Crippen molar-refractivity contribution in [3.05, 3.63) is 0 Å². The first-order chi connectivity index (χ1) is 9.01. The summed E-state index contributed by atoms with van der Waals surface area (Å²) in [6.45, 7) is 10.2. The molecule has 108 valence electrons. The van der Waals surface area contributed by atoms with Gasteiger partial charge in [0.15, 0.2) is 0 Å². The third-order valence-electron chi connectivity index (χ3n) is 3.58. The van der Waals surface area contributed by atoms with E-state index in [1.807, 2.05) is 25.7 Å². The van der Waals surface area contributed by atoms with Gasteiger partial charge in [0.25, 0.3) is 0 Å². The Kier molecular flexibility index (Phi) is 6.26. The van der Waals surface area contributed by atoms with Crippen LogP contribution in [0.2, 0.25) is 0 Å². The van der Waals surface area contributed by atoms with Crippen LogP contribution in [0.3, 0.4) is 0 Å². The third kappa shape index (κ3) is 4.81. The smallest absolute Gasteiger partial charge is 0.222 e. The summed E-state index contributed by atoms with van der Waals surface area (Å²) < 4.78 is 5.23. The van der Waals surface area contributed by atoms with E-state index in [2.05, 4.69) is 11.0 Å². The molecule has 1 aliphatic rings. The summed E-state index contributed by atoms with van der Waals surface area (Å²) in [4.78, 5) is 16.0. The maximum Gasteiger partial charge on any atom is 0.222 e. The van der Waals surface area contributed by atoms with Crippen molar-refractivity contribution in [2.24, 2.45) is 0 Å². The molecular formula is C14H25N3O2. The van der Waals surface area contributed by atoms with Crippen LogP contribution in [0, 0.1) is 11.3 Å². The van der Waals surface area contributed by atoms with Gasteiger partial charge in [-0.25, -0.2) is 0 Å². The number of amides is 1. The second-order valence-corrected chi connectivity index (χ2v) is 5.34. The van der Waals surface area contributed by atoms with Crippen LogP contribution in [0.4, 0.5) is 0 Å². The number of rotatable bonds is 6. The Morgan fingerprint density at radius 2 is 1.95 bits per heavy atom. The molecule has 1 fully saturated rings. The van der Waals surface area contributed by atoms with Crippen molar-refractivity contribution < 1.29 is 9.53 Å². The van der Waals surface area contributed by atoms with E-state index in [0.29, 0.717) is 19.6 Å². The highest BCUT2D eigenvalue weighted by molar-refractivity contribution is 5.76. The molecule has 1 rings (SSSR count). The Balaban J connectivity index is 2.30. The minimum absolute atomic E-state index is 0.203. The van der Waals surface area contributed by atoms with E-state index in [-0.39, 0.29) is 5.91 Å². The van der Waals surface area contributed by atoms with Gasteiger partial charge in [-0.15, -0.1) is 0 Å². The standard InChI is InChI=1S/C14H25N3O2/c1-4-19-11-5-6-13(18)16-7-9-17(10-8-16)14(2,3)12-15/h4-11H2,1-3H3. The van der Waals surface area contributed by atoms with Crippen molar-refractivity contribution in [3.63, 3.8) is 0 Å². The summed E-state index contributed by atoms with van der Waals surface area (Å²) in [7, 11) is 0. The Labute approximate surface area is 116 Å². The normalized spacial score (nSPS) is 17.3. The van der Waals surface area contributed by atoms with Gasteiger partial charge in [0, 0.05) is 45.8 Å². The molecule has 0 N–H and O–H groups in total. The average molecular weight is 267 g/mol. The molecule has 0 spiro atoms. The Morgan fingerprint density at radius 1 is 1.32 bits per heavy atom. The molecule has 1 saturated heterocycles. The van der Waals surface area contributed by atoms with Gasteiger partial charge in [-0.1, -0.05) is 0 Å². The summed E-state index contributed by atoms with van der Waals surface area (Å²) in [6.07, 6.45) is 1.35. The van der Waals surface area contributed by atoms with Crippen molar-refractivity contribution in [1.29, 1.82) is 5.26 Å². The molecule has 0 aromatic rings.